The van der Waals surface area contributed by atoms with Gasteiger partial charge < -0.3 is 5.32 Å². The van der Waals surface area contributed by atoms with Crippen LogP contribution in [-0.2, 0) is 32.1 Å². The fraction of sp³-hybridized carbons (Fsp3) is 0.500. The molecule has 1 aromatic carbocycles. The second-order valence-electron chi connectivity index (χ2n) is 3.86. The van der Waals surface area contributed by atoms with E-state index in [4.69, 9.17) is 0 Å². The van der Waals surface area contributed by atoms with Crippen LogP contribution in [0.5, 0.6) is 0 Å². The Labute approximate surface area is 125 Å². The van der Waals surface area contributed by atoms with E-state index in [1.807, 2.05) is 13.8 Å². The van der Waals surface area contributed by atoms with E-state index in [-0.39, 0.29) is 37.9 Å². The molecule has 0 amide bonds. The van der Waals surface area contributed by atoms with Crippen molar-refractivity contribution < 1.29 is 32.6 Å². The zero-order valence-corrected chi connectivity index (χ0v) is 12.8. The molecule has 1 rings (SSSR count). The van der Waals surface area contributed by atoms with Gasteiger partial charge in [0.25, 0.3) is 0 Å². The van der Waals surface area contributed by atoms with Crippen LogP contribution in [-0.4, -0.2) is 12.6 Å². The SMILES string of the molecule is CCNC(C)Cc1cccc(C(F)(F)F)c1.Cl.[Ru]. The zero-order valence-electron chi connectivity index (χ0n) is 10.2. The summed E-state index contributed by atoms with van der Waals surface area (Å²) in [6, 6.07) is 5.68. The molecule has 106 valence electrons. The summed E-state index contributed by atoms with van der Waals surface area (Å²) in [6.45, 7) is 4.76. The molecule has 0 fully saturated rings. The number of alkyl halides is 3. The van der Waals surface area contributed by atoms with Crippen LogP contribution in [0.1, 0.15) is 25.0 Å². The summed E-state index contributed by atoms with van der Waals surface area (Å²) in [5, 5.41) is 3.17. The first-order chi connectivity index (χ1) is 7.43. The van der Waals surface area contributed by atoms with E-state index < -0.39 is 11.7 Å². The summed E-state index contributed by atoms with van der Waals surface area (Å²) in [6.07, 6.45) is -3.64. The van der Waals surface area contributed by atoms with Gasteiger partial charge in [-0.05, 0) is 31.5 Å². The molecule has 1 nitrogen and oxygen atoms in total. The van der Waals surface area contributed by atoms with Crippen LogP contribution >= 0.6 is 12.4 Å². The predicted molar refractivity (Wildman–Crippen MR) is 65.5 cm³/mol. The van der Waals surface area contributed by atoms with Crippen molar-refractivity contribution in [3.05, 3.63) is 35.4 Å². The Morgan fingerprint density at radius 2 is 1.89 bits per heavy atom. The molecule has 0 aliphatic carbocycles. The summed E-state index contributed by atoms with van der Waals surface area (Å²) in [5.41, 5.74) is 0.136. The summed E-state index contributed by atoms with van der Waals surface area (Å²) < 4.78 is 37.3. The van der Waals surface area contributed by atoms with Crippen LogP contribution in [0.4, 0.5) is 13.2 Å². The molecule has 1 N–H and O–H groups in total. The van der Waals surface area contributed by atoms with Gasteiger partial charge in [-0.1, -0.05) is 25.1 Å². The summed E-state index contributed by atoms with van der Waals surface area (Å²) >= 11 is 0. The quantitative estimate of drug-likeness (QED) is 0.800. The van der Waals surface area contributed by atoms with Gasteiger partial charge in [-0.25, -0.2) is 0 Å². The second kappa shape index (κ2) is 8.89. The van der Waals surface area contributed by atoms with E-state index in [2.05, 4.69) is 5.32 Å². The van der Waals surface area contributed by atoms with Gasteiger partial charge in [0.15, 0.2) is 0 Å². The van der Waals surface area contributed by atoms with E-state index in [1.54, 1.807) is 6.07 Å². The average molecular weight is 369 g/mol. The number of rotatable bonds is 4. The minimum atomic E-state index is -4.25. The molecule has 6 heteroatoms. The van der Waals surface area contributed by atoms with Crippen LogP contribution in [0.15, 0.2) is 24.3 Å². The Kier molecular flexibility index (Phi) is 9.98. The summed E-state index contributed by atoms with van der Waals surface area (Å²) in [7, 11) is 0. The van der Waals surface area contributed by atoms with Crippen molar-refractivity contribution in [1.29, 1.82) is 0 Å². The second-order valence-corrected chi connectivity index (χ2v) is 3.86. The van der Waals surface area contributed by atoms with E-state index in [1.165, 1.54) is 12.1 Å². The molecule has 1 aromatic rings. The molecule has 0 spiro atoms. The van der Waals surface area contributed by atoms with Crippen LogP contribution in [0.25, 0.3) is 0 Å². The summed E-state index contributed by atoms with van der Waals surface area (Å²) in [4.78, 5) is 0. The smallest absolute Gasteiger partial charge is 0.314 e. The largest absolute Gasteiger partial charge is 0.416 e. The van der Waals surface area contributed by atoms with Crippen molar-refractivity contribution in [3.8, 4) is 0 Å². The topological polar surface area (TPSA) is 12.0 Å². The van der Waals surface area contributed by atoms with Gasteiger partial charge in [0.2, 0.25) is 0 Å². The van der Waals surface area contributed by atoms with Crippen molar-refractivity contribution >= 4 is 12.4 Å². The molecule has 0 saturated heterocycles. The van der Waals surface area contributed by atoms with E-state index in [9.17, 15) is 13.2 Å². The monoisotopic (exact) mass is 369 g/mol. The zero-order chi connectivity index (χ0) is 12.2. The first kappa shape index (κ1) is 20.2. The number of hydrogen-bond donors (Lipinski definition) is 1. The van der Waals surface area contributed by atoms with Gasteiger partial charge in [-0.3, -0.25) is 0 Å². The van der Waals surface area contributed by atoms with Gasteiger partial charge >= 0.3 is 6.18 Å². The van der Waals surface area contributed by atoms with Crippen LogP contribution in [0, 0.1) is 0 Å². The molecule has 0 aliphatic rings. The molecule has 0 bridgehead atoms. The third-order valence-electron chi connectivity index (χ3n) is 2.35. The molecule has 0 radical (unpaired) electrons. The van der Waals surface area contributed by atoms with Crippen molar-refractivity contribution in [2.75, 3.05) is 6.54 Å². The molecule has 0 aromatic heterocycles. The molecular weight excluding hydrogens is 352 g/mol. The maximum atomic E-state index is 12.4. The number of likely N-dealkylation sites (N-methyl/N-ethyl adjacent to an activating group) is 1. The first-order valence-corrected chi connectivity index (χ1v) is 5.33. The van der Waals surface area contributed by atoms with Gasteiger partial charge in [0.1, 0.15) is 0 Å². The van der Waals surface area contributed by atoms with Crippen LogP contribution < -0.4 is 5.32 Å². The number of halogens is 4. The molecule has 0 aliphatic heterocycles. The molecule has 18 heavy (non-hydrogen) atoms. The molecule has 0 saturated carbocycles. The first-order valence-electron chi connectivity index (χ1n) is 5.33. The fourth-order valence-corrected chi connectivity index (χ4v) is 1.65. The Morgan fingerprint density at radius 3 is 2.39 bits per heavy atom. The minimum absolute atomic E-state index is 0. The Bertz CT molecular complexity index is 344. The van der Waals surface area contributed by atoms with Crippen molar-refractivity contribution in [2.24, 2.45) is 0 Å². The molecular formula is C12H17ClF3NRu. The van der Waals surface area contributed by atoms with E-state index in [0.717, 1.165) is 12.6 Å². The standard InChI is InChI=1S/C12H16F3N.ClH.Ru/c1-3-16-9(2)7-10-5-4-6-11(8-10)12(13,14)15;;/h4-6,8-9,16H,3,7H2,1-2H3;1H;. The van der Waals surface area contributed by atoms with Gasteiger partial charge in [0, 0.05) is 25.5 Å². The summed E-state index contributed by atoms with van der Waals surface area (Å²) in [5.74, 6) is 0. The molecule has 0 heterocycles. The molecule has 1 unspecified atom stereocenters. The van der Waals surface area contributed by atoms with Crippen LogP contribution in [0.2, 0.25) is 0 Å². The average Bonchev–Trinajstić information content (AvgIpc) is 2.17. The van der Waals surface area contributed by atoms with Gasteiger partial charge in [-0.2, -0.15) is 13.2 Å². The Morgan fingerprint density at radius 1 is 1.28 bits per heavy atom. The number of hydrogen-bond acceptors (Lipinski definition) is 1. The van der Waals surface area contributed by atoms with Gasteiger partial charge in [-0.15, -0.1) is 12.4 Å². The number of nitrogens with one attached hydrogen (secondary N) is 1. The fourth-order valence-electron chi connectivity index (χ4n) is 1.65. The Balaban J connectivity index is 0. The van der Waals surface area contributed by atoms with Crippen molar-refractivity contribution in [1.82, 2.24) is 5.32 Å². The predicted octanol–water partition coefficient (Wildman–Crippen LogP) is 3.67. The minimum Gasteiger partial charge on any atom is -0.314 e. The Hall–Kier alpha value is -0.117. The maximum Gasteiger partial charge on any atom is 0.416 e. The van der Waals surface area contributed by atoms with Gasteiger partial charge in [0.05, 0.1) is 5.56 Å². The normalized spacial score (nSPS) is 12.3. The van der Waals surface area contributed by atoms with E-state index >= 15 is 0 Å². The molecule has 1 atom stereocenters. The maximum absolute atomic E-state index is 12.4. The number of benzene rings is 1. The van der Waals surface area contributed by atoms with E-state index in [0.29, 0.717) is 12.0 Å². The van der Waals surface area contributed by atoms with Crippen molar-refractivity contribution in [2.45, 2.75) is 32.5 Å². The van der Waals surface area contributed by atoms with Crippen LogP contribution in [0.3, 0.4) is 0 Å². The van der Waals surface area contributed by atoms with Crippen molar-refractivity contribution in [3.63, 3.8) is 0 Å². The third kappa shape index (κ3) is 6.72. The third-order valence-corrected chi connectivity index (χ3v) is 2.35.